The third kappa shape index (κ3) is 6.01. The van der Waals surface area contributed by atoms with Crippen LogP contribution in [0.25, 0.3) is 0 Å². The molecule has 96 valence electrons. The van der Waals surface area contributed by atoms with Gasteiger partial charge < -0.3 is 4.74 Å². The van der Waals surface area contributed by atoms with Crippen LogP contribution in [0.1, 0.15) is 51.8 Å². The molecule has 0 amide bonds. The minimum Gasteiger partial charge on any atom is -0.478 e. The van der Waals surface area contributed by atoms with Gasteiger partial charge in [0.05, 0.1) is 6.61 Å². The highest BCUT2D eigenvalue weighted by Gasteiger charge is 2.03. The molecule has 0 aliphatic carbocycles. The zero-order valence-corrected chi connectivity index (χ0v) is 12.3. The molecule has 0 atom stereocenters. The summed E-state index contributed by atoms with van der Waals surface area (Å²) in [5.74, 6) is 1.54. The fourth-order valence-corrected chi connectivity index (χ4v) is 1.96. The predicted octanol–water partition coefficient (Wildman–Crippen LogP) is 4.15. The summed E-state index contributed by atoms with van der Waals surface area (Å²) in [6.07, 6.45) is 6.79. The Morgan fingerprint density at radius 1 is 1.12 bits per heavy atom. The number of halogens is 1. The molecule has 1 rings (SSSR count). The highest BCUT2D eigenvalue weighted by Crippen LogP contribution is 2.15. The van der Waals surface area contributed by atoms with Crippen LogP contribution in [0.15, 0.2) is 10.7 Å². The number of ether oxygens (including phenoxy) is 1. The molecule has 0 fully saturated rings. The molecule has 0 N–H and O–H groups in total. The molecule has 1 aromatic rings. The lowest BCUT2D eigenvalue weighted by Crippen LogP contribution is -2.03. The van der Waals surface area contributed by atoms with Gasteiger partial charge in [-0.2, -0.15) is 4.98 Å². The van der Waals surface area contributed by atoms with Crippen LogP contribution in [0.5, 0.6) is 5.88 Å². The van der Waals surface area contributed by atoms with E-state index in [4.69, 9.17) is 4.74 Å². The molecule has 0 unspecified atom stereocenters. The van der Waals surface area contributed by atoms with Crippen molar-refractivity contribution in [1.82, 2.24) is 9.97 Å². The van der Waals surface area contributed by atoms with Gasteiger partial charge >= 0.3 is 0 Å². The van der Waals surface area contributed by atoms with Gasteiger partial charge in [0.2, 0.25) is 5.88 Å². The third-order valence-electron chi connectivity index (χ3n) is 2.44. The van der Waals surface area contributed by atoms with E-state index >= 15 is 0 Å². The normalized spacial score (nSPS) is 10.5. The maximum absolute atomic E-state index is 5.64. The van der Waals surface area contributed by atoms with Crippen LogP contribution in [0, 0.1) is 0 Å². The second-order valence-corrected chi connectivity index (χ2v) is 4.92. The van der Waals surface area contributed by atoms with Gasteiger partial charge in [-0.1, -0.05) is 33.1 Å². The second kappa shape index (κ2) is 8.45. The number of hydrogen-bond donors (Lipinski definition) is 0. The van der Waals surface area contributed by atoms with Crippen LogP contribution in [-0.2, 0) is 6.42 Å². The average Bonchev–Trinajstić information content (AvgIpc) is 2.28. The standard InChI is InChI=1S/C13H21BrN2O/c1-3-5-6-7-9-17-13-10-11(14)15-12(16-13)8-4-2/h10H,3-9H2,1-2H3. The second-order valence-electron chi connectivity index (χ2n) is 4.10. The number of rotatable bonds is 8. The minimum atomic E-state index is 0.687. The fourth-order valence-electron chi connectivity index (χ4n) is 1.56. The Morgan fingerprint density at radius 3 is 2.65 bits per heavy atom. The van der Waals surface area contributed by atoms with Crippen LogP contribution >= 0.6 is 15.9 Å². The highest BCUT2D eigenvalue weighted by molar-refractivity contribution is 9.10. The maximum Gasteiger partial charge on any atom is 0.217 e. The maximum atomic E-state index is 5.64. The van der Waals surface area contributed by atoms with Gasteiger partial charge in [0.1, 0.15) is 10.4 Å². The van der Waals surface area contributed by atoms with E-state index in [9.17, 15) is 0 Å². The summed E-state index contributed by atoms with van der Waals surface area (Å²) >= 11 is 3.39. The Morgan fingerprint density at radius 2 is 1.94 bits per heavy atom. The van der Waals surface area contributed by atoms with Crippen molar-refractivity contribution >= 4 is 15.9 Å². The summed E-state index contributed by atoms with van der Waals surface area (Å²) in [5, 5.41) is 0. The van der Waals surface area contributed by atoms with Crippen LogP contribution in [0.2, 0.25) is 0 Å². The molecule has 17 heavy (non-hydrogen) atoms. The molecule has 0 saturated carbocycles. The van der Waals surface area contributed by atoms with E-state index in [1.807, 2.05) is 6.07 Å². The van der Waals surface area contributed by atoms with Gasteiger partial charge in [0, 0.05) is 12.5 Å². The number of unbranched alkanes of at least 4 members (excludes halogenated alkanes) is 3. The van der Waals surface area contributed by atoms with Crippen molar-refractivity contribution in [2.75, 3.05) is 6.61 Å². The molecule has 0 aromatic carbocycles. The van der Waals surface area contributed by atoms with Crippen molar-refractivity contribution in [2.45, 2.75) is 52.4 Å². The van der Waals surface area contributed by atoms with Crippen LogP contribution < -0.4 is 4.74 Å². The molecule has 4 heteroatoms. The van der Waals surface area contributed by atoms with E-state index in [1.165, 1.54) is 19.3 Å². The molecule has 1 aromatic heterocycles. The Bertz CT molecular complexity index is 331. The molecular formula is C13H21BrN2O. The van der Waals surface area contributed by atoms with E-state index in [1.54, 1.807) is 0 Å². The van der Waals surface area contributed by atoms with Crippen LogP contribution in [-0.4, -0.2) is 16.6 Å². The lowest BCUT2D eigenvalue weighted by Gasteiger charge is -2.07. The molecule has 3 nitrogen and oxygen atoms in total. The zero-order chi connectivity index (χ0) is 12.5. The van der Waals surface area contributed by atoms with Crippen molar-refractivity contribution in [3.05, 3.63) is 16.5 Å². The van der Waals surface area contributed by atoms with Gasteiger partial charge in [-0.25, -0.2) is 4.98 Å². The van der Waals surface area contributed by atoms with E-state index in [-0.39, 0.29) is 0 Å². The molecule has 0 spiro atoms. The number of aryl methyl sites for hydroxylation is 1. The third-order valence-corrected chi connectivity index (χ3v) is 2.85. The summed E-state index contributed by atoms with van der Waals surface area (Å²) in [6.45, 7) is 5.07. The molecule has 0 bridgehead atoms. The van der Waals surface area contributed by atoms with Gasteiger partial charge in [0.15, 0.2) is 0 Å². The summed E-state index contributed by atoms with van der Waals surface area (Å²) in [4.78, 5) is 8.68. The van der Waals surface area contributed by atoms with Crippen molar-refractivity contribution in [3.63, 3.8) is 0 Å². The first-order chi connectivity index (χ1) is 8.26. The average molecular weight is 301 g/mol. The number of aromatic nitrogens is 2. The first kappa shape index (κ1) is 14.4. The highest BCUT2D eigenvalue weighted by atomic mass is 79.9. The van der Waals surface area contributed by atoms with Crippen LogP contribution in [0.4, 0.5) is 0 Å². The first-order valence-corrected chi connectivity index (χ1v) is 7.21. The minimum absolute atomic E-state index is 0.687. The van der Waals surface area contributed by atoms with Crippen molar-refractivity contribution in [3.8, 4) is 5.88 Å². The Labute approximate surface area is 112 Å². The summed E-state index contributed by atoms with van der Waals surface area (Å²) in [7, 11) is 0. The summed E-state index contributed by atoms with van der Waals surface area (Å²) < 4.78 is 6.44. The fraction of sp³-hybridized carbons (Fsp3) is 0.692. The number of nitrogens with zero attached hydrogens (tertiary/aromatic N) is 2. The predicted molar refractivity (Wildman–Crippen MR) is 73.4 cm³/mol. The Kier molecular flexibility index (Phi) is 7.17. The first-order valence-electron chi connectivity index (χ1n) is 6.42. The molecule has 0 aliphatic heterocycles. The topological polar surface area (TPSA) is 35.0 Å². The molecule has 0 aliphatic rings. The van der Waals surface area contributed by atoms with Crippen LogP contribution in [0.3, 0.4) is 0 Å². The molecule has 0 saturated heterocycles. The molecule has 0 radical (unpaired) electrons. The van der Waals surface area contributed by atoms with E-state index in [0.29, 0.717) is 5.88 Å². The van der Waals surface area contributed by atoms with Crippen molar-refractivity contribution in [2.24, 2.45) is 0 Å². The quantitative estimate of drug-likeness (QED) is 0.534. The molecular weight excluding hydrogens is 280 g/mol. The van der Waals surface area contributed by atoms with Gasteiger partial charge in [-0.3, -0.25) is 0 Å². The zero-order valence-electron chi connectivity index (χ0n) is 10.7. The monoisotopic (exact) mass is 300 g/mol. The van der Waals surface area contributed by atoms with Gasteiger partial charge in [-0.15, -0.1) is 0 Å². The van der Waals surface area contributed by atoms with Gasteiger partial charge in [0.25, 0.3) is 0 Å². The Hall–Kier alpha value is -0.640. The Balaban J connectivity index is 2.41. The van der Waals surface area contributed by atoms with Crippen molar-refractivity contribution in [1.29, 1.82) is 0 Å². The van der Waals surface area contributed by atoms with E-state index in [0.717, 1.165) is 36.3 Å². The van der Waals surface area contributed by atoms with Crippen molar-refractivity contribution < 1.29 is 4.74 Å². The molecule has 1 heterocycles. The lowest BCUT2D eigenvalue weighted by atomic mass is 10.2. The lowest BCUT2D eigenvalue weighted by molar-refractivity contribution is 0.292. The smallest absolute Gasteiger partial charge is 0.217 e. The van der Waals surface area contributed by atoms with Gasteiger partial charge in [-0.05, 0) is 28.8 Å². The van der Waals surface area contributed by atoms with E-state index < -0.39 is 0 Å². The summed E-state index contributed by atoms with van der Waals surface area (Å²) in [5.41, 5.74) is 0. The number of hydrogen-bond acceptors (Lipinski definition) is 3. The SMILES string of the molecule is CCCCCCOc1cc(Br)nc(CCC)n1. The van der Waals surface area contributed by atoms with E-state index in [2.05, 4.69) is 39.7 Å². The largest absolute Gasteiger partial charge is 0.478 e. The summed E-state index contributed by atoms with van der Waals surface area (Å²) in [6, 6.07) is 1.83.